The van der Waals surface area contributed by atoms with E-state index in [9.17, 15) is 9.18 Å². The highest BCUT2D eigenvalue weighted by Gasteiger charge is 2.24. The maximum Gasteiger partial charge on any atom is 0.267 e. The van der Waals surface area contributed by atoms with E-state index >= 15 is 0 Å². The number of likely N-dealkylation sites (tertiary alicyclic amines) is 1. The smallest absolute Gasteiger partial charge is 0.267 e. The fraction of sp³-hybridized carbons (Fsp3) is 0.300. The molecule has 1 atom stereocenters. The molecule has 1 aromatic carbocycles. The summed E-state index contributed by atoms with van der Waals surface area (Å²) in [7, 11) is 0. The van der Waals surface area contributed by atoms with Crippen LogP contribution in [0.4, 0.5) is 4.39 Å². The van der Waals surface area contributed by atoms with Gasteiger partial charge in [-0.25, -0.2) is 4.39 Å². The van der Waals surface area contributed by atoms with Crippen LogP contribution in [0, 0.1) is 5.82 Å². The molecule has 1 fully saturated rings. The molecule has 0 radical (unpaired) electrons. The number of benzene rings is 1. The second kappa shape index (κ2) is 7.47. The summed E-state index contributed by atoms with van der Waals surface area (Å²) in [5, 5.41) is 0. The minimum Gasteiger partial charge on any atom is -0.368 e. The summed E-state index contributed by atoms with van der Waals surface area (Å²) in [4.78, 5) is 17.6. The van der Waals surface area contributed by atoms with Gasteiger partial charge in [-0.3, -0.25) is 9.78 Å². The van der Waals surface area contributed by atoms with Gasteiger partial charge >= 0.3 is 0 Å². The van der Waals surface area contributed by atoms with E-state index in [1.54, 1.807) is 12.3 Å². The average molecular weight is 339 g/mol. The molecule has 130 valence electrons. The van der Waals surface area contributed by atoms with Crippen LogP contribution in [-0.4, -0.2) is 28.4 Å². The zero-order valence-corrected chi connectivity index (χ0v) is 14.1. The lowest BCUT2D eigenvalue weighted by atomic mass is 9.94. The highest BCUT2D eigenvalue weighted by atomic mass is 19.1. The molecule has 1 aromatic heterocycles. The number of carbonyl (C=O) groups is 1. The Morgan fingerprint density at radius 2 is 2.00 bits per heavy atom. The maximum absolute atomic E-state index is 13.1. The van der Waals surface area contributed by atoms with Crippen molar-refractivity contribution in [2.24, 2.45) is 5.73 Å². The topological polar surface area (TPSA) is 59.2 Å². The number of nitrogens with two attached hydrogens (primary N) is 1. The number of hydrogen-bond donors (Lipinski definition) is 1. The van der Waals surface area contributed by atoms with Gasteiger partial charge in [-0.15, -0.1) is 0 Å². The van der Waals surface area contributed by atoms with Gasteiger partial charge in [-0.1, -0.05) is 18.7 Å². The first-order valence-electron chi connectivity index (χ1n) is 8.51. The number of primary amides is 1. The largest absolute Gasteiger partial charge is 0.368 e. The van der Waals surface area contributed by atoms with Crippen LogP contribution in [0.15, 0.2) is 49.2 Å². The summed E-state index contributed by atoms with van der Waals surface area (Å²) in [6.45, 7) is 5.17. The number of rotatable bonds is 5. The molecule has 3 rings (SSSR count). The molecule has 1 unspecified atom stereocenters. The van der Waals surface area contributed by atoms with Crippen LogP contribution in [0.2, 0.25) is 0 Å². The Balaban J connectivity index is 1.76. The third kappa shape index (κ3) is 4.05. The Morgan fingerprint density at radius 1 is 1.24 bits per heavy atom. The van der Waals surface area contributed by atoms with Crippen molar-refractivity contribution in [1.29, 1.82) is 0 Å². The standard InChI is InChI=1S/C20H22FN3O/c1-14(16-7-10-19(20(22)25)23-13-16)24-11-3-2-4-18(24)12-15-5-8-17(21)9-6-15/h5-10,13,18H,1-4,11-12H2,(H2,22,25). The lowest BCUT2D eigenvalue weighted by Gasteiger charge is -2.39. The van der Waals surface area contributed by atoms with Crippen molar-refractivity contribution >= 4 is 11.6 Å². The number of pyridine rings is 1. The van der Waals surface area contributed by atoms with Gasteiger partial charge in [0.1, 0.15) is 11.5 Å². The lowest BCUT2D eigenvalue weighted by molar-refractivity contribution is 0.0995. The third-order valence-corrected chi connectivity index (χ3v) is 4.71. The first-order valence-corrected chi connectivity index (χ1v) is 8.51. The van der Waals surface area contributed by atoms with Crippen LogP contribution in [0.25, 0.3) is 5.70 Å². The average Bonchev–Trinajstić information content (AvgIpc) is 2.63. The number of piperidine rings is 1. The predicted molar refractivity (Wildman–Crippen MR) is 96.2 cm³/mol. The SMILES string of the molecule is C=C(c1ccc(C(N)=O)nc1)N1CCCCC1Cc1ccc(F)cc1. The molecule has 0 spiro atoms. The quantitative estimate of drug-likeness (QED) is 0.908. The van der Waals surface area contributed by atoms with Crippen molar-refractivity contribution in [2.45, 2.75) is 31.7 Å². The Morgan fingerprint density at radius 3 is 2.64 bits per heavy atom. The normalized spacial score (nSPS) is 17.3. The number of carbonyl (C=O) groups excluding carboxylic acids is 1. The van der Waals surface area contributed by atoms with Crippen LogP contribution in [0.5, 0.6) is 0 Å². The molecule has 25 heavy (non-hydrogen) atoms. The van der Waals surface area contributed by atoms with Crippen molar-refractivity contribution in [2.75, 3.05) is 6.54 Å². The number of amides is 1. The number of nitrogens with zero attached hydrogens (tertiary/aromatic N) is 2. The van der Waals surface area contributed by atoms with E-state index in [4.69, 9.17) is 5.73 Å². The molecule has 5 heteroatoms. The molecule has 2 heterocycles. The first kappa shape index (κ1) is 17.1. The van der Waals surface area contributed by atoms with Crippen LogP contribution in [0.3, 0.4) is 0 Å². The molecule has 0 aliphatic carbocycles. The molecule has 1 amide bonds. The van der Waals surface area contributed by atoms with Gasteiger partial charge in [0.15, 0.2) is 0 Å². The van der Waals surface area contributed by atoms with Crippen molar-refractivity contribution in [3.8, 4) is 0 Å². The van der Waals surface area contributed by atoms with Gasteiger partial charge in [-0.05, 0) is 55.5 Å². The minimum absolute atomic E-state index is 0.214. The molecule has 1 aliphatic rings. The predicted octanol–water partition coefficient (Wildman–Crippen LogP) is 3.39. The fourth-order valence-corrected chi connectivity index (χ4v) is 3.34. The number of halogens is 1. The zero-order valence-electron chi connectivity index (χ0n) is 14.1. The molecule has 1 aliphatic heterocycles. The van der Waals surface area contributed by atoms with Crippen molar-refractivity contribution in [1.82, 2.24) is 9.88 Å². The van der Waals surface area contributed by atoms with E-state index in [-0.39, 0.29) is 11.5 Å². The van der Waals surface area contributed by atoms with Gasteiger partial charge in [0, 0.05) is 30.0 Å². The molecule has 2 aromatic rings. The van der Waals surface area contributed by atoms with Gasteiger partial charge < -0.3 is 10.6 Å². The van der Waals surface area contributed by atoms with Crippen LogP contribution < -0.4 is 5.73 Å². The number of hydrogen-bond acceptors (Lipinski definition) is 3. The van der Waals surface area contributed by atoms with E-state index in [1.807, 2.05) is 18.2 Å². The van der Waals surface area contributed by atoms with Gasteiger partial charge in [0.25, 0.3) is 5.91 Å². The van der Waals surface area contributed by atoms with Crippen molar-refractivity contribution < 1.29 is 9.18 Å². The summed E-state index contributed by atoms with van der Waals surface area (Å²) in [5.41, 5.74) is 8.39. The second-order valence-electron chi connectivity index (χ2n) is 6.42. The Bertz CT molecular complexity index is 756. The summed E-state index contributed by atoms with van der Waals surface area (Å²) in [6.07, 6.45) is 5.86. The monoisotopic (exact) mass is 339 g/mol. The van der Waals surface area contributed by atoms with E-state index in [0.717, 1.165) is 42.6 Å². The Kier molecular flexibility index (Phi) is 5.12. The summed E-state index contributed by atoms with van der Waals surface area (Å²) < 4.78 is 13.1. The molecular formula is C20H22FN3O. The molecular weight excluding hydrogens is 317 g/mol. The Labute approximate surface area is 147 Å². The second-order valence-corrected chi connectivity index (χ2v) is 6.42. The first-order chi connectivity index (χ1) is 12.0. The van der Waals surface area contributed by atoms with Gasteiger partial charge in [0.05, 0.1) is 0 Å². The summed E-state index contributed by atoms with van der Waals surface area (Å²) in [6, 6.07) is 10.5. The van der Waals surface area contributed by atoms with Crippen molar-refractivity contribution in [3.05, 3.63) is 71.8 Å². The number of aromatic nitrogens is 1. The molecule has 0 saturated carbocycles. The highest BCUT2D eigenvalue weighted by molar-refractivity contribution is 5.90. The van der Waals surface area contributed by atoms with E-state index in [1.165, 1.54) is 18.6 Å². The molecule has 4 nitrogen and oxygen atoms in total. The van der Waals surface area contributed by atoms with E-state index in [0.29, 0.717) is 6.04 Å². The van der Waals surface area contributed by atoms with Crippen LogP contribution >= 0.6 is 0 Å². The minimum atomic E-state index is -0.538. The summed E-state index contributed by atoms with van der Waals surface area (Å²) >= 11 is 0. The lowest BCUT2D eigenvalue weighted by Crippen LogP contribution is -2.39. The van der Waals surface area contributed by atoms with E-state index < -0.39 is 5.91 Å². The Hall–Kier alpha value is -2.69. The van der Waals surface area contributed by atoms with E-state index in [2.05, 4.69) is 16.5 Å². The molecule has 1 saturated heterocycles. The van der Waals surface area contributed by atoms with Crippen molar-refractivity contribution in [3.63, 3.8) is 0 Å². The third-order valence-electron chi connectivity index (χ3n) is 4.71. The zero-order chi connectivity index (χ0) is 17.8. The summed E-state index contributed by atoms with van der Waals surface area (Å²) in [5.74, 6) is -0.751. The van der Waals surface area contributed by atoms with Crippen LogP contribution in [0.1, 0.15) is 40.9 Å². The van der Waals surface area contributed by atoms with Gasteiger partial charge in [-0.2, -0.15) is 0 Å². The van der Waals surface area contributed by atoms with Gasteiger partial charge in [0.2, 0.25) is 0 Å². The molecule has 0 bridgehead atoms. The highest BCUT2D eigenvalue weighted by Crippen LogP contribution is 2.28. The maximum atomic E-state index is 13.1. The fourth-order valence-electron chi connectivity index (χ4n) is 3.34. The molecule has 2 N–H and O–H groups in total. The van der Waals surface area contributed by atoms with Crippen LogP contribution in [-0.2, 0) is 6.42 Å².